The van der Waals surface area contributed by atoms with E-state index in [9.17, 15) is 0 Å². The average Bonchev–Trinajstić information content (AvgIpc) is 2.71. The Hall–Kier alpha value is -2.38. The van der Waals surface area contributed by atoms with Crippen LogP contribution in [0.25, 0.3) is 10.9 Å². The Morgan fingerprint density at radius 1 is 1.11 bits per heavy atom. The van der Waals surface area contributed by atoms with Gasteiger partial charge in [-0.05, 0) is 50.2 Å². The molecule has 2 aromatic carbocycles. The topological polar surface area (TPSA) is 68.3 Å². The average molecular weight is 429 g/mol. The monoisotopic (exact) mass is 428 g/mol. The first-order valence-corrected chi connectivity index (χ1v) is 9.76. The number of aromatic nitrogens is 2. The molecule has 1 aliphatic heterocycles. The van der Waals surface area contributed by atoms with Crippen LogP contribution in [0.5, 0.6) is 11.5 Å². The van der Waals surface area contributed by atoms with Crippen LogP contribution in [0.15, 0.2) is 47.1 Å². The van der Waals surface area contributed by atoms with Gasteiger partial charge >= 0.3 is 0 Å². The predicted molar refractivity (Wildman–Crippen MR) is 110 cm³/mol. The van der Waals surface area contributed by atoms with Crippen LogP contribution in [0.3, 0.4) is 0 Å². The first-order chi connectivity index (χ1) is 13.2. The Balaban J connectivity index is 1.68. The van der Waals surface area contributed by atoms with E-state index >= 15 is 0 Å². The number of para-hydroxylation sites is 2. The van der Waals surface area contributed by atoms with Gasteiger partial charge in [-0.3, -0.25) is 0 Å². The van der Waals surface area contributed by atoms with Gasteiger partial charge in [0.15, 0.2) is 0 Å². The van der Waals surface area contributed by atoms with E-state index in [0.717, 1.165) is 58.5 Å². The number of rotatable bonds is 5. The molecule has 6 nitrogen and oxygen atoms in total. The van der Waals surface area contributed by atoms with Gasteiger partial charge in [0.05, 0.1) is 12.8 Å². The second-order valence-corrected chi connectivity index (χ2v) is 7.25. The van der Waals surface area contributed by atoms with Crippen molar-refractivity contribution in [1.29, 1.82) is 0 Å². The number of halogens is 1. The van der Waals surface area contributed by atoms with Gasteiger partial charge in [-0.15, -0.1) is 0 Å². The van der Waals surface area contributed by atoms with Gasteiger partial charge in [-0.1, -0.05) is 28.1 Å². The van der Waals surface area contributed by atoms with Crippen LogP contribution < -0.4 is 20.1 Å². The van der Waals surface area contributed by atoms with Crippen molar-refractivity contribution in [3.63, 3.8) is 0 Å². The van der Waals surface area contributed by atoms with Gasteiger partial charge in [0, 0.05) is 16.1 Å². The number of benzene rings is 2. The van der Waals surface area contributed by atoms with Gasteiger partial charge in [0.2, 0.25) is 5.95 Å². The molecular weight excluding hydrogens is 408 g/mol. The highest BCUT2D eigenvalue weighted by atomic mass is 79.9. The third-order valence-electron chi connectivity index (χ3n) is 4.59. The summed E-state index contributed by atoms with van der Waals surface area (Å²) in [4.78, 5) is 9.18. The summed E-state index contributed by atoms with van der Waals surface area (Å²) in [7, 11) is 1.64. The number of fused-ring (bicyclic) bond motifs is 1. The fraction of sp³-hybridized carbons (Fsp3) is 0.300. The summed E-state index contributed by atoms with van der Waals surface area (Å²) >= 11 is 3.58. The third-order valence-corrected chi connectivity index (χ3v) is 5.29. The van der Waals surface area contributed by atoms with Crippen molar-refractivity contribution in [2.24, 2.45) is 0 Å². The van der Waals surface area contributed by atoms with Crippen molar-refractivity contribution in [3.8, 4) is 11.5 Å². The van der Waals surface area contributed by atoms with Crippen LogP contribution in [0, 0.1) is 0 Å². The molecule has 0 aliphatic carbocycles. The zero-order chi connectivity index (χ0) is 18.6. The number of nitrogens with zero attached hydrogens (tertiary/aromatic N) is 2. The van der Waals surface area contributed by atoms with E-state index in [1.807, 2.05) is 36.4 Å². The van der Waals surface area contributed by atoms with Crippen LogP contribution in [0.1, 0.15) is 12.8 Å². The van der Waals surface area contributed by atoms with E-state index in [0.29, 0.717) is 5.95 Å². The van der Waals surface area contributed by atoms with Gasteiger partial charge in [-0.2, -0.15) is 0 Å². The van der Waals surface area contributed by atoms with Crippen LogP contribution in [-0.4, -0.2) is 36.3 Å². The number of anilines is 2. The van der Waals surface area contributed by atoms with Gasteiger partial charge in [0.1, 0.15) is 23.1 Å². The van der Waals surface area contributed by atoms with Crippen molar-refractivity contribution in [3.05, 3.63) is 47.1 Å². The number of nitrogens with one attached hydrogen (secondary N) is 2. The maximum atomic E-state index is 6.27. The Bertz CT molecular complexity index is 944. The van der Waals surface area contributed by atoms with Crippen molar-refractivity contribution < 1.29 is 9.47 Å². The Morgan fingerprint density at radius 3 is 2.74 bits per heavy atom. The molecule has 0 atom stereocenters. The molecule has 4 rings (SSSR count). The summed E-state index contributed by atoms with van der Waals surface area (Å²) in [5.41, 5.74) is 1.60. The molecule has 1 aliphatic rings. The molecule has 3 aromatic rings. The van der Waals surface area contributed by atoms with E-state index in [2.05, 4.69) is 31.5 Å². The number of piperidine rings is 1. The lowest BCUT2D eigenvalue weighted by atomic mass is 10.1. The van der Waals surface area contributed by atoms with Crippen molar-refractivity contribution in [1.82, 2.24) is 15.3 Å². The summed E-state index contributed by atoms with van der Waals surface area (Å²) in [5, 5.41) is 7.52. The van der Waals surface area contributed by atoms with Gasteiger partial charge < -0.3 is 20.1 Å². The quantitative estimate of drug-likeness (QED) is 0.631. The van der Waals surface area contributed by atoms with Crippen LogP contribution in [-0.2, 0) is 0 Å². The summed E-state index contributed by atoms with van der Waals surface area (Å²) in [6, 6.07) is 11.6. The molecule has 1 fully saturated rings. The molecule has 0 bridgehead atoms. The standard InChI is InChI=1S/C20H21BrN4O2/c1-26-17-5-3-2-4-16(17)24-20-23-12-14-15(21)6-7-18(19(14)25-20)27-13-8-10-22-11-9-13/h2-7,12-13,22H,8-11H2,1H3,(H,23,24,25). The number of methoxy groups -OCH3 is 1. The Kier molecular flexibility index (Phi) is 5.40. The number of hydrogen-bond donors (Lipinski definition) is 2. The molecule has 2 heterocycles. The number of ether oxygens (including phenoxy) is 2. The van der Waals surface area contributed by atoms with E-state index in [4.69, 9.17) is 14.5 Å². The minimum atomic E-state index is 0.205. The minimum absolute atomic E-state index is 0.205. The lowest BCUT2D eigenvalue weighted by Crippen LogP contribution is -2.34. The first-order valence-electron chi connectivity index (χ1n) is 8.97. The molecular formula is C20H21BrN4O2. The molecule has 0 spiro atoms. The first kappa shape index (κ1) is 18.0. The fourth-order valence-electron chi connectivity index (χ4n) is 3.18. The van der Waals surface area contributed by atoms with Crippen LogP contribution in [0.2, 0.25) is 0 Å². The van der Waals surface area contributed by atoms with E-state index < -0.39 is 0 Å². The summed E-state index contributed by atoms with van der Waals surface area (Å²) in [6.07, 6.45) is 4.00. The molecule has 0 radical (unpaired) electrons. The molecule has 7 heteroatoms. The summed E-state index contributed by atoms with van der Waals surface area (Å²) in [6.45, 7) is 1.96. The van der Waals surface area contributed by atoms with Gasteiger partial charge in [-0.25, -0.2) is 9.97 Å². The number of hydrogen-bond acceptors (Lipinski definition) is 6. The largest absolute Gasteiger partial charge is 0.495 e. The Labute approximate surface area is 166 Å². The Morgan fingerprint density at radius 2 is 1.93 bits per heavy atom. The second-order valence-electron chi connectivity index (χ2n) is 6.39. The van der Waals surface area contributed by atoms with Crippen LogP contribution >= 0.6 is 15.9 Å². The highest BCUT2D eigenvalue weighted by molar-refractivity contribution is 9.10. The lowest BCUT2D eigenvalue weighted by Gasteiger charge is -2.24. The molecule has 2 N–H and O–H groups in total. The molecule has 27 heavy (non-hydrogen) atoms. The zero-order valence-electron chi connectivity index (χ0n) is 15.0. The lowest BCUT2D eigenvalue weighted by molar-refractivity contribution is 0.164. The molecule has 0 saturated carbocycles. The highest BCUT2D eigenvalue weighted by Crippen LogP contribution is 2.33. The van der Waals surface area contributed by atoms with Crippen LogP contribution in [0.4, 0.5) is 11.6 Å². The summed E-state index contributed by atoms with van der Waals surface area (Å²) in [5.74, 6) is 2.02. The third kappa shape index (κ3) is 3.99. The van der Waals surface area contributed by atoms with Crippen molar-refractivity contribution in [2.75, 3.05) is 25.5 Å². The maximum Gasteiger partial charge on any atom is 0.227 e. The SMILES string of the molecule is COc1ccccc1Nc1ncc2c(Br)ccc(OC3CCNCC3)c2n1. The normalized spacial score (nSPS) is 14.9. The fourth-order valence-corrected chi connectivity index (χ4v) is 3.60. The van der Waals surface area contributed by atoms with E-state index in [-0.39, 0.29) is 6.10 Å². The second kappa shape index (κ2) is 8.10. The smallest absolute Gasteiger partial charge is 0.227 e. The van der Waals surface area contributed by atoms with Gasteiger partial charge in [0.25, 0.3) is 0 Å². The predicted octanol–water partition coefficient (Wildman–Crippen LogP) is 4.28. The van der Waals surface area contributed by atoms with Crippen molar-refractivity contribution in [2.45, 2.75) is 18.9 Å². The zero-order valence-corrected chi connectivity index (χ0v) is 16.6. The highest BCUT2D eigenvalue weighted by Gasteiger charge is 2.17. The maximum absolute atomic E-state index is 6.27. The molecule has 1 aromatic heterocycles. The molecule has 140 valence electrons. The van der Waals surface area contributed by atoms with E-state index in [1.54, 1.807) is 13.3 Å². The minimum Gasteiger partial charge on any atom is -0.495 e. The molecule has 0 amide bonds. The molecule has 1 saturated heterocycles. The van der Waals surface area contributed by atoms with E-state index in [1.165, 1.54) is 0 Å². The summed E-state index contributed by atoms with van der Waals surface area (Å²) < 4.78 is 12.6. The van der Waals surface area contributed by atoms with Crippen molar-refractivity contribution >= 4 is 38.5 Å². The molecule has 0 unspecified atom stereocenters.